The van der Waals surface area contributed by atoms with E-state index in [0.29, 0.717) is 11.6 Å². The molecule has 0 aliphatic heterocycles. The van der Waals surface area contributed by atoms with Crippen molar-refractivity contribution in [3.8, 4) is 5.69 Å². The highest BCUT2D eigenvalue weighted by atomic mass is 32.2. The van der Waals surface area contributed by atoms with Crippen LogP contribution in [0.3, 0.4) is 0 Å². The fraction of sp³-hybridized carbons (Fsp3) is 0.385. The number of nitrogens with zero attached hydrogens (tertiary/aromatic N) is 4. The highest BCUT2D eigenvalue weighted by molar-refractivity contribution is 7.99. The molecule has 0 spiro atoms. The van der Waals surface area contributed by atoms with Crippen LogP contribution in [0.4, 0.5) is 0 Å². The predicted molar refractivity (Wildman–Crippen MR) is 76.7 cm³/mol. The minimum absolute atomic E-state index is 0.0542. The van der Waals surface area contributed by atoms with Gasteiger partial charge in [-0.15, -0.1) is 16.9 Å². The van der Waals surface area contributed by atoms with Crippen LogP contribution in [0.15, 0.2) is 30.3 Å². The quantitative estimate of drug-likeness (QED) is 0.877. The van der Waals surface area contributed by atoms with Crippen molar-refractivity contribution in [2.24, 2.45) is 5.92 Å². The van der Waals surface area contributed by atoms with Gasteiger partial charge in [0.1, 0.15) is 5.25 Å². The molecule has 20 heavy (non-hydrogen) atoms. The van der Waals surface area contributed by atoms with E-state index in [4.69, 9.17) is 0 Å². The molecule has 0 aliphatic carbocycles. The van der Waals surface area contributed by atoms with Crippen LogP contribution in [0.5, 0.6) is 0 Å². The second-order valence-corrected chi connectivity index (χ2v) is 5.79. The molecule has 2 rings (SSSR count). The largest absolute Gasteiger partial charge is 0.480 e. The fourth-order valence-corrected chi connectivity index (χ4v) is 2.81. The summed E-state index contributed by atoms with van der Waals surface area (Å²) in [6, 6.07) is 9.54. The molecule has 0 aliphatic rings. The molecule has 1 unspecified atom stereocenters. The number of carboxylic acids is 1. The summed E-state index contributed by atoms with van der Waals surface area (Å²) in [6.45, 7) is 3.79. The SMILES string of the molecule is CC(C)C(SCc1nnnn1-c1ccccc1)C(=O)O. The van der Waals surface area contributed by atoms with Gasteiger partial charge in [-0.2, -0.15) is 4.68 Å². The van der Waals surface area contributed by atoms with Crippen molar-refractivity contribution in [2.75, 3.05) is 0 Å². The maximum atomic E-state index is 11.2. The standard InChI is InChI=1S/C13H16N4O2S/c1-9(2)12(13(18)19)20-8-11-14-15-16-17(11)10-6-4-3-5-7-10/h3-7,9,12H,8H2,1-2H3,(H,18,19). The van der Waals surface area contributed by atoms with Crippen LogP contribution in [-0.4, -0.2) is 36.5 Å². The molecule has 0 radical (unpaired) electrons. The van der Waals surface area contributed by atoms with Crippen LogP contribution in [-0.2, 0) is 10.5 Å². The first kappa shape index (κ1) is 14.5. The zero-order valence-electron chi connectivity index (χ0n) is 11.3. The van der Waals surface area contributed by atoms with E-state index in [1.54, 1.807) is 4.68 Å². The normalized spacial score (nSPS) is 12.6. The lowest BCUT2D eigenvalue weighted by atomic mass is 10.1. The third kappa shape index (κ3) is 3.36. The topological polar surface area (TPSA) is 80.9 Å². The number of rotatable bonds is 6. The summed E-state index contributed by atoms with van der Waals surface area (Å²) in [5.41, 5.74) is 0.865. The van der Waals surface area contributed by atoms with E-state index in [1.807, 2.05) is 44.2 Å². The molecular formula is C13H16N4O2S. The number of benzene rings is 1. The van der Waals surface area contributed by atoms with E-state index in [-0.39, 0.29) is 5.92 Å². The Morgan fingerprint density at radius 3 is 2.65 bits per heavy atom. The van der Waals surface area contributed by atoms with E-state index < -0.39 is 11.2 Å². The van der Waals surface area contributed by atoms with Gasteiger partial charge in [-0.25, -0.2) is 0 Å². The zero-order valence-corrected chi connectivity index (χ0v) is 12.1. The van der Waals surface area contributed by atoms with Crippen molar-refractivity contribution in [3.05, 3.63) is 36.2 Å². The number of aromatic nitrogens is 4. The molecule has 0 bridgehead atoms. The summed E-state index contributed by atoms with van der Waals surface area (Å²) in [7, 11) is 0. The van der Waals surface area contributed by atoms with Gasteiger partial charge in [0.25, 0.3) is 0 Å². The Morgan fingerprint density at radius 2 is 2.05 bits per heavy atom. The summed E-state index contributed by atoms with van der Waals surface area (Å²) in [4.78, 5) is 11.2. The van der Waals surface area contributed by atoms with Crippen molar-refractivity contribution < 1.29 is 9.90 Å². The van der Waals surface area contributed by atoms with E-state index in [9.17, 15) is 9.90 Å². The molecule has 106 valence electrons. The lowest BCUT2D eigenvalue weighted by molar-refractivity contribution is -0.137. The van der Waals surface area contributed by atoms with Crippen LogP contribution in [0.1, 0.15) is 19.7 Å². The minimum Gasteiger partial charge on any atom is -0.480 e. The Hall–Kier alpha value is -1.89. The van der Waals surface area contributed by atoms with Gasteiger partial charge in [0.05, 0.1) is 11.4 Å². The van der Waals surface area contributed by atoms with Gasteiger partial charge < -0.3 is 5.11 Å². The number of para-hydroxylation sites is 1. The highest BCUT2D eigenvalue weighted by Gasteiger charge is 2.23. The fourth-order valence-electron chi connectivity index (χ4n) is 1.78. The third-order valence-corrected chi connectivity index (χ3v) is 4.31. The summed E-state index contributed by atoms with van der Waals surface area (Å²) < 4.78 is 1.63. The van der Waals surface area contributed by atoms with Gasteiger partial charge in [-0.1, -0.05) is 32.0 Å². The maximum Gasteiger partial charge on any atom is 0.316 e. The number of carboxylic acid groups (broad SMARTS) is 1. The van der Waals surface area contributed by atoms with Crippen molar-refractivity contribution in [2.45, 2.75) is 24.9 Å². The summed E-state index contributed by atoms with van der Waals surface area (Å²) in [5.74, 6) is 0.354. The van der Waals surface area contributed by atoms with Crippen molar-refractivity contribution in [1.82, 2.24) is 20.2 Å². The van der Waals surface area contributed by atoms with Crippen LogP contribution < -0.4 is 0 Å². The second-order valence-electron chi connectivity index (χ2n) is 4.66. The molecule has 0 amide bonds. The van der Waals surface area contributed by atoms with Gasteiger partial charge >= 0.3 is 5.97 Å². The van der Waals surface area contributed by atoms with Gasteiger partial charge in [-0.05, 0) is 28.5 Å². The zero-order chi connectivity index (χ0) is 14.5. The molecule has 1 aromatic carbocycles. The van der Waals surface area contributed by atoms with Gasteiger partial charge in [-0.3, -0.25) is 4.79 Å². The molecule has 1 N–H and O–H groups in total. The first-order valence-electron chi connectivity index (χ1n) is 6.26. The molecule has 7 heteroatoms. The summed E-state index contributed by atoms with van der Waals surface area (Å²) in [5, 5.41) is 20.3. The van der Waals surface area contributed by atoms with Crippen molar-refractivity contribution >= 4 is 17.7 Å². The molecule has 0 saturated heterocycles. The number of carbonyl (C=O) groups is 1. The second kappa shape index (κ2) is 6.51. The van der Waals surface area contributed by atoms with E-state index >= 15 is 0 Å². The number of thioether (sulfide) groups is 1. The average Bonchev–Trinajstić information content (AvgIpc) is 2.87. The first-order valence-corrected chi connectivity index (χ1v) is 7.31. The first-order chi connectivity index (χ1) is 9.59. The van der Waals surface area contributed by atoms with Gasteiger partial charge in [0.15, 0.2) is 5.82 Å². The van der Waals surface area contributed by atoms with Crippen molar-refractivity contribution in [1.29, 1.82) is 0 Å². The number of tetrazole rings is 1. The Balaban J connectivity index is 2.12. The smallest absolute Gasteiger partial charge is 0.316 e. The van der Waals surface area contributed by atoms with E-state index in [2.05, 4.69) is 15.5 Å². The van der Waals surface area contributed by atoms with Crippen LogP contribution in [0, 0.1) is 5.92 Å². The monoisotopic (exact) mass is 292 g/mol. The third-order valence-electron chi connectivity index (χ3n) is 2.78. The number of aliphatic carboxylic acids is 1. The number of hydrogen-bond acceptors (Lipinski definition) is 5. The maximum absolute atomic E-state index is 11.2. The number of hydrogen-bond donors (Lipinski definition) is 1. The Kier molecular flexibility index (Phi) is 4.73. The van der Waals surface area contributed by atoms with Crippen molar-refractivity contribution in [3.63, 3.8) is 0 Å². The summed E-state index contributed by atoms with van der Waals surface area (Å²) >= 11 is 1.34. The Bertz CT molecular complexity index is 571. The molecule has 1 aromatic heterocycles. The van der Waals surface area contributed by atoms with Gasteiger partial charge in [0, 0.05) is 0 Å². The summed E-state index contributed by atoms with van der Waals surface area (Å²) in [6.07, 6.45) is 0. The minimum atomic E-state index is -0.802. The van der Waals surface area contributed by atoms with Crippen LogP contribution in [0.25, 0.3) is 5.69 Å². The molecular weight excluding hydrogens is 276 g/mol. The Morgan fingerprint density at radius 1 is 1.35 bits per heavy atom. The van der Waals surface area contributed by atoms with Crippen LogP contribution >= 0.6 is 11.8 Å². The van der Waals surface area contributed by atoms with E-state index in [1.165, 1.54) is 11.8 Å². The molecule has 1 atom stereocenters. The highest BCUT2D eigenvalue weighted by Crippen LogP contribution is 2.23. The molecule has 1 heterocycles. The predicted octanol–water partition coefficient (Wildman–Crippen LogP) is 2.00. The van der Waals surface area contributed by atoms with E-state index in [0.717, 1.165) is 5.69 Å². The molecule has 0 fully saturated rings. The Labute approximate surface area is 121 Å². The molecule has 6 nitrogen and oxygen atoms in total. The average molecular weight is 292 g/mol. The molecule has 2 aromatic rings. The molecule has 0 saturated carbocycles. The lowest BCUT2D eigenvalue weighted by Gasteiger charge is -2.15. The van der Waals surface area contributed by atoms with Crippen LogP contribution in [0.2, 0.25) is 0 Å². The van der Waals surface area contributed by atoms with Gasteiger partial charge in [0.2, 0.25) is 0 Å². The lowest BCUT2D eigenvalue weighted by Crippen LogP contribution is -2.23.